The Kier molecular flexibility index (Phi) is 3.29. The molecule has 82 valence electrons. The highest BCUT2D eigenvalue weighted by Crippen LogP contribution is 2.26. The second-order valence-electron chi connectivity index (χ2n) is 3.50. The van der Waals surface area contributed by atoms with Crippen LogP contribution in [0.3, 0.4) is 0 Å². The summed E-state index contributed by atoms with van der Waals surface area (Å²) in [5, 5.41) is 0. The monoisotopic (exact) mass is 280 g/mol. The van der Waals surface area contributed by atoms with E-state index in [-0.39, 0.29) is 16.3 Å². The zero-order chi connectivity index (χ0) is 11.5. The van der Waals surface area contributed by atoms with E-state index in [0.29, 0.717) is 5.69 Å². The van der Waals surface area contributed by atoms with E-state index < -0.39 is 0 Å². The fourth-order valence-corrected chi connectivity index (χ4v) is 1.86. The van der Waals surface area contributed by atoms with Crippen LogP contribution in [0.2, 0.25) is 0 Å². The molecule has 4 heteroatoms. The molecule has 1 heterocycles. The van der Waals surface area contributed by atoms with Gasteiger partial charge in [-0.15, -0.1) is 0 Å². The van der Waals surface area contributed by atoms with Crippen LogP contribution in [0.15, 0.2) is 41.3 Å². The van der Waals surface area contributed by atoms with Crippen molar-refractivity contribution in [3.8, 4) is 0 Å². The molecule has 0 amide bonds. The largest absolute Gasteiger partial charge is 0.238 e. The van der Waals surface area contributed by atoms with E-state index in [0.717, 1.165) is 5.56 Å². The zero-order valence-corrected chi connectivity index (χ0v) is 10.3. The molecule has 0 aliphatic rings. The van der Waals surface area contributed by atoms with Crippen molar-refractivity contribution in [1.82, 2.24) is 9.97 Å². The summed E-state index contributed by atoms with van der Waals surface area (Å²) in [6.07, 6.45) is 1.36. The average Bonchev–Trinajstić information content (AvgIpc) is 2.33. The van der Waals surface area contributed by atoms with Gasteiger partial charge in [-0.2, -0.15) is 0 Å². The van der Waals surface area contributed by atoms with E-state index in [1.807, 2.05) is 37.3 Å². The third-order valence-corrected chi connectivity index (χ3v) is 3.04. The maximum Gasteiger partial charge on any atom is 0.178 e. The highest BCUT2D eigenvalue weighted by atomic mass is 79.9. The topological polar surface area (TPSA) is 25.8 Å². The quantitative estimate of drug-likeness (QED) is 0.787. The normalized spacial score (nSPS) is 12.4. The molecule has 2 aromatic rings. The molecule has 1 unspecified atom stereocenters. The van der Waals surface area contributed by atoms with Crippen molar-refractivity contribution in [2.75, 3.05) is 0 Å². The fraction of sp³-hybridized carbons (Fsp3) is 0.167. The van der Waals surface area contributed by atoms with E-state index in [9.17, 15) is 4.39 Å². The van der Waals surface area contributed by atoms with Crippen LogP contribution in [-0.4, -0.2) is 9.97 Å². The second-order valence-corrected chi connectivity index (χ2v) is 4.25. The minimum Gasteiger partial charge on any atom is -0.238 e. The standard InChI is InChI=1S/C12H10BrFN2/c1-8(9-5-3-2-4-6-9)11-10(14)12(13)16-7-15-11/h2-8H,1H3. The van der Waals surface area contributed by atoms with Gasteiger partial charge in [0.15, 0.2) is 5.82 Å². The van der Waals surface area contributed by atoms with Gasteiger partial charge in [-0.05, 0) is 21.5 Å². The Morgan fingerprint density at radius 1 is 1.19 bits per heavy atom. The van der Waals surface area contributed by atoms with Crippen molar-refractivity contribution in [3.63, 3.8) is 0 Å². The van der Waals surface area contributed by atoms with Crippen molar-refractivity contribution in [2.45, 2.75) is 12.8 Å². The van der Waals surface area contributed by atoms with Crippen LogP contribution in [0, 0.1) is 5.82 Å². The lowest BCUT2D eigenvalue weighted by Crippen LogP contribution is -2.04. The molecule has 2 rings (SSSR count). The highest BCUT2D eigenvalue weighted by molar-refractivity contribution is 9.10. The van der Waals surface area contributed by atoms with Crippen LogP contribution < -0.4 is 0 Å². The van der Waals surface area contributed by atoms with Crippen molar-refractivity contribution in [2.24, 2.45) is 0 Å². The molecule has 0 aliphatic heterocycles. The van der Waals surface area contributed by atoms with Gasteiger partial charge in [-0.1, -0.05) is 37.3 Å². The molecule has 0 saturated carbocycles. The Balaban J connectivity index is 2.42. The van der Waals surface area contributed by atoms with Gasteiger partial charge in [0, 0.05) is 5.92 Å². The molecule has 2 nitrogen and oxygen atoms in total. The van der Waals surface area contributed by atoms with Gasteiger partial charge in [0.1, 0.15) is 10.9 Å². The van der Waals surface area contributed by atoms with Gasteiger partial charge in [-0.25, -0.2) is 14.4 Å². The Labute approximate surface area is 102 Å². The van der Waals surface area contributed by atoms with E-state index >= 15 is 0 Å². The Bertz CT molecular complexity index is 488. The third kappa shape index (κ3) is 2.11. The van der Waals surface area contributed by atoms with Crippen molar-refractivity contribution in [3.05, 3.63) is 58.3 Å². The molecule has 16 heavy (non-hydrogen) atoms. The first kappa shape index (κ1) is 11.2. The third-order valence-electron chi connectivity index (χ3n) is 2.48. The summed E-state index contributed by atoms with van der Waals surface area (Å²) in [6.45, 7) is 1.92. The SMILES string of the molecule is CC(c1ccccc1)c1ncnc(Br)c1F. The summed E-state index contributed by atoms with van der Waals surface area (Å²) >= 11 is 3.06. The van der Waals surface area contributed by atoms with Crippen molar-refractivity contribution in [1.29, 1.82) is 0 Å². The van der Waals surface area contributed by atoms with Gasteiger partial charge in [0.25, 0.3) is 0 Å². The molecule has 0 fully saturated rings. The van der Waals surface area contributed by atoms with Crippen molar-refractivity contribution < 1.29 is 4.39 Å². The summed E-state index contributed by atoms with van der Waals surface area (Å²) in [5.74, 6) is -0.473. The zero-order valence-electron chi connectivity index (χ0n) is 8.69. The Morgan fingerprint density at radius 3 is 2.56 bits per heavy atom. The van der Waals surface area contributed by atoms with Crippen LogP contribution >= 0.6 is 15.9 Å². The first-order valence-electron chi connectivity index (χ1n) is 4.91. The molecule has 0 spiro atoms. The van der Waals surface area contributed by atoms with E-state index in [1.165, 1.54) is 6.33 Å². The van der Waals surface area contributed by atoms with Crippen LogP contribution in [0.25, 0.3) is 0 Å². The molecule has 1 atom stereocenters. The lowest BCUT2D eigenvalue weighted by molar-refractivity contribution is 0.573. The molecule has 0 aliphatic carbocycles. The number of halogens is 2. The van der Waals surface area contributed by atoms with Crippen LogP contribution in [0.4, 0.5) is 4.39 Å². The van der Waals surface area contributed by atoms with E-state index in [2.05, 4.69) is 25.9 Å². The number of rotatable bonds is 2. The number of hydrogen-bond acceptors (Lipinski definition) is 2. The van der Waals surface area contributed by atoms with Gasteiger partial charge in [-0.3, -0.25) is 0 Å². The smallest absolute Gasteiger partial charge is 0.178 e. The summed E-state index contributed by atoms with van der Waals surface area (Å²) in [6, 6.07) is 9.71. The molecular weight excluding hydrogens is 271 g/mol. The Hall–Kier alpha value is -1.29. The molecular formula is C12H10BrFN2. The minimum absolute atomic E-state index is 0.0829. The molecule has 0 bridgehead atoms. The van der Waals surface area contributed by atoms with Gasteiger partial charge in [0.05, 0.1) is 5.69 Å². The van der Waals surface area contributed by atoms with E-state index in [4.69, 9.17) is 0 Å². The fourth-order valence-electron chi connectivity index (χ4n) is 1.56. The van der Waals surface area contributed by atoms with Crippen molar-refractivity contribution >= 4 is 15.9 Å². The predicted molar refractivity (Wildman–Crippen MR) is 63.6 cm³/mol. The number of benzene rings is 1. The number of nitrogens with zero attached hydrogens (tertiary/aromatic N) is 2. The minimum atomic E-state index is -0.390. The molecule has 1 aromatic heterocycles. The van der Waals surface area contributed by atoms with Crippen LogP contribution in [0.5, 0.6) is 0 Å². The molecule has 0 radical (unpaired) electrons. The maximum absolute atomic E-state index is 13.8. The van der Waals surface area contributed by atoms with Gasteiger partial charge < -0.3 is 0 Å². The maximum atomic E-state index is 13.8. The number of hydrogen-bond donors (Lipinski definition) is 0. The second kappa shape index (κ2) is 4.70. The average molecular weight is 281 g/mol. The summed E-state index contributed by atoms with van der Waals surface area (Å²) in [7, 11) is 0. The van der Waals surface area contributed by atoms with Crippen LogP contribution in [0.1, 0.15) is 24.1 Å². The van der Waals surface area contributed by atoms with E-state index in [1.54, 1.807) is 0 Å². The predicted octanol–water partition coefficient (Wildman–Crippen LogP) is 3.53. The Morgan fingerprint density at radius 2 is 1.88 bits per heavy atom. The summed E-state index contributed by atoms with van der Waals surface area (Å²) < 4.78 is 14.0. The molecule has 0 saturated heterocycles. The lowest BCUT2D eigenvalue weighted by atomic mass is 9.97. The lowest BCUT2D eigenvalue weighted by Gasteiger charge is -2.12. The van der Waals surface area contributed by atoms with Gasteiger partial charge in [0.2, 0.25) is 0 Å². The first-order chi connectivity index (χ1) is 7.70. The highest BCUT2D eigenvalue weighted by Gasteiger charge is 2.16. The molecule has 1 aromatic carbocycles. The van der Waals surface area contributed by atoms with Gasteiger partial charge >= 0.3 is 0 Å². The molecule has 0 N–H and O–H groups in total. The summed E-state index contributed by atoms with van der Waals surface area (Å²) in [5.41, 5.74) is 1.44. The summed E-state index contributed by atoms with van der Waals surface area (Å²) in [4.78, 5) is 7.75. The van der Waals surface area contributed by atoms with Crippen LogP contribution in [-0.2, 0) is 0 Å². The number of aromatic nitrogens is 2. The first-order valence-corrected chi connectivity index (χ1v) is 5.70.